The third-order valence-electron chi connectivity index (χ3n) is 3.94. The van der Waals surface area contributed by atoms with Crippen molar-refractivity contribution in [2.24, 2.45) is 0 Å². The van der Waals surface area contributed by atoms with Gasteiger partial charge in [0.25, 0.3) is 0 Å². The van der Waals surface area contributed by atoms with E-state index in [9.17, 15) is 0 Å². The summed E-state index contributed by atoms with van der Waals surface area (Å²) in [6.07, 6.45) is 17.9. The second kappa shape index (κ2) is 14.3. The third-order valence-corrected chi connectivity index (χ3v) is 9.00. The molecule has 0 fully saturated rings. The van der Waals surface area contributed by atoms with Crippen molar-refractivity contribution in [2.45, 2.75) is 79.1 Å². The molecular weight excluding hydrogens is 303 g/mol. The van der Waals surface area contributed by atoms with Crippen LogP contribution in [0.5, 0.6) is 0 Å². The largest absolute Gasteiger partial charge is 0.125 e. The summed E-state index contributed by atoms with van der Waals surface area (Å²) in [5.41, 5.74) is 0. The van der Waals surface area contributed by atoms with Crippen LogP contribution in [0.25, 0.3) is 0 Å². The maximum Gasteiger partial charge on any atom is -0.0359 e. The lowest BCUT2D eigenvalue weighted by Crippen LogP contribution is -2.12. The summed E-state index contributed by atoms with van der Waals surface area (Å²) in [4.78, 5) is 0. The minimum absolute atomic E-state index is 0. The van der Waals surface area contributed by atoms with Gasteiger partial charge in [-0.15, -0.1) is 24.2 Å². The maximum atomic E-state index is 2.36. The fourth-order valence-electron chi connectivity index (χ4n) is 2.64. The summed E-state index contributed by atoms with van der Waals surface area (Å²) < 4.78 is 0. The standard InChI is InChI=1S/C16H36P.BrH/c1-5-9-13-17(14-10-6-2,15-11-7-3)16-12-8-4;/h5-16H2,1-4H3;1H. The molecule has 0 nitrogen and oxygen atoms in total. The normalized spacial score (nSPS) is 11.3. The van der Waals surface area contributed by atoms with Gasteiger partial charge in [0.2, 0.25) is 0 Å². The Bertz CT molecular complexity index is 122. The lowest BCUT2D eigenvalue weighted by Gasteiger charge is -2.37. The van der Waals surface area contributed by atoms with Crippen molar-refractivity contribution in [1.29, 1.82) is 0 Å². The van der Waals surface area contributed by atoms with E-state index in [2.05, 4.69) is 27.7 Å². The molecule has 0 heterocycles. The molecule has 0 saturated carbocycles. The average molecular weight is 340 g/mol. The van der Waals surface area contributed by atoms with Gasteiger partial charge < -0.3 is 0 Å². The average Bonchev–Trinajstić information content (AvgIpc) is 2.37. The molecule has 18 heavy (non-hydrogen) atoms. The van der Waals surface area contributed by atoms with Gasteiger partial charge in [0.15, 0.2) is 0 Å². The minimum Gasteiger partial charge on any atom is -0.125 e. The first-order valence-corrected chi connectivity index (χ1v) is 10.6. The Morgan fingerprint density at radius 1 is 0.500 bits per heavy atom. The van der Waals surface area contributed by atoms with Gasteiger partial charge in [-0.2, -0.15) is 0 Å². The van der Waals surface area contributed by atoms with E-state index in [-0.39, 0.29) is 17.0 Å². The molecule has 0 aromatic rings. The molecule has 0 saturated heterocycles. The summed E-state index contributed by atoms with van der Waals surface area (Å²) in [5, 5.41) is 0. The van der Waals surface area contributed by atoms with Gasteiger partial charge in [-0.1, -0.05) is 53.4 Å². The summed E-state index contributed by atoms with van der Waals surface area (Å²) in [5.74, 6) is 0. The van der Waals surface area contributed by atoms with Crippen LogP contribution in [0.1, 0.15) is 79.1 Å². The molecule has 0 rings (SSSR count). The summed E-state index contributed by atoms with van der Waals surface area (Å²) >= 11 is 0. The van der Waals surface area contributed by atoms with Crippen LogP contribution in [-0.4, -0.2) is 24.6 Å². The topological polar surface area (TPSA) is 0 Å². The Balaban J connectivity index is 0. The van der Waals surface area contributed by atoms with Gasteiger partial charge in [-0.25, -0.2) is 0 Å². The van der Waals surface area contributed by atoms with Crippen molar-refractivity contribution in [3.8, 4) is 0 Å². The number of hydrogen-bond donors (Lipinski definition) is 0. The molecule has 0 amide bonds. The predicted molar refractivity (Wildman–Crippen MR) is 96.3 cm³/mol. The summed E-state index contributed by atoms with van der Waals surface area (Å²) in [6.45, 7) is 9.42. The second-order valence-corrected chi connectivity index (χ2v) is 10.1. The molecular formula is C16H37BrP. The Hall–Kier alpha value is 0.910. The van der Waals surface area contributed by atoms with Crippen LogP contribution in [0.15, 0.2) is 0 Å². The molecule has 0 aromatic carbocycles. The maximum absolute atomic E-state index is 2.36. The second-order valence-electron chi connectivity index (χ2n) is 5.65. The van der Waals surface area contributed by atoms with Crippen molar-refractivity contribution >= 4 is 24.2 Å². The SMILES string of the molecule is Br.CCCC[P](CCCC)(CCCC)CCCC. The zero-order chi connectivity index (χ0) is 13.0. The van der Waals surface area contributed by atoms with Crippen LogP contribution in [0, 0.1) is 0 Å². The van der Waals surface area contributed by atoms with E-state index in [1.807, 2.05) is 0 Å². The van der Waals surface area contributed by atoms with Crippen molar-refractivity contribution in [3.63, 3.8) is 0 Å². The molecule has 1 radical (unpaired) electrons. The highest BCUT2D eigenvalue weighted by Gasteiger charge is 2.24. The van der Waals surface area contributed by atoms with E-state index >= 15 is 0 Å². The number of rotatable bonds is 12. The lowest BCUT2D eigenvalue weighted by molar-refractivity contribution is 0.814. The molecule has 0 bridgehead atoms. The van der Waals surface area contributed by atoms with Crippen LogP contribution in [-0.2, 0) is 0 Å². The van der Waals surface area contributed by atoms with Gasteiger partial charge in [-0.3, -0.25) is 0 Å². The Morgan fingerprint density at radius 2 is 0.722 bits per heavy atom. The number of unbranched alkanes of at least 4 members (excludes halogenated alkanes) is 4. The molecule has 0 unspecified atom stereocenters. The molecule has 0 aromatic heterocycles. The van der Waals surface area contributed by atoms with Crippen LogP contribution in [0.3, 0.4) is 0 Å². The first-order chi connectivity index (χ1) is 8.24. The highest BCUT2D eigenvalue weighted by atomic mass is 79.9. The minimum atomic E-state index is -0.562. The van der Waals surface area contributed by atoms with Crippen molar-refractivity contribution in [3.05, 3.63) is 0 Å². The van der Waals surface area contributed by atoms with E-state index in [0.717, 1.165) is 0 Å². The summed E-state index contributed by atoms with van der Waals surface area (Å²) in [6, 6.07) is 0. The molecule has 2 heteroatoms. The number of halogens is 1. The molecule has 0 N–H and O–H groups in total. The van der Waals surface area contributed by atoms with Crippen molar-refractivity contribution in [2.75, 3.05) is 24.6 Å². The highest BCUT2D eigenvalue weighted by Crippen LogP contribution is 2.61. The monoisotopic (exact) mass is 339 g/mol. The smallest absolute Gasteiger partial charge is 0.0359 e. The van der Waals surface area contributed by atoms with E-state index in [4.69, 9.17) is 0 Å². The molecule has 0 aliphatic carbocycles. The van der Waals surface area contributed by atoms with E-state index in [1.54, 1.807) is 24.6 Å². The van der Waals surface area contributed by atoms with Crippen molar-refractivity contribution in [1.82, 2.24) is 0 Å². The molecule has 113 valence electrons. The third kappa shape index (κ3) is 9.79. The van der Waals surface area contributed by atoms with Gasteiger partial charge >= 0.3 is 0 Å². The lowest BCUT2D eigenvalue weighted by atomic mass is 10.4. The van der Waals surface area contributed by atoms with Crippen LogP contribution in [0.2, 0.25) is 0 Å². The zero-order valence-electron chi connectivity index (χ0n) is 13.3. The fraction of sp³-hybridized carbons (Fsp3) is 1.00. The molecule has 0 aliphatic heterocycles. The fourth-order valence-corrected chi connectivity index (χ4v) is 7.93. The van der Waals surface area contributed by atoms with E-state index in [0.29, 0.717) is 0 Å². The van der Waals surface area contributed by atoms with Crippen LogP contribution >= 0.6 is 24.2 Å². The highest BCUT2D eigenvalue weighted by molar-refractivity contribution is 8.93. The quantitative estimate of drug-likeness (QED) is 0.343. The van der Waals surface area contributed by atoms with E-state index in [1.165, 1.54) is 51.4 Å². The van der Waals surface area contributed by atoms with Crippen LogP contribution < -0.4 is 0 Å². The molecule has 0 atom stereocenters. The Kier molecular flexibility index (Phi) is 16.9. The first-order valence-electron chi connectivity index (χ1n) is 8.09. The van der Waals surface area contributed by atoms with Gasteiger partial charge in [0, 0.05) is 0 Å². The van der Waals surface area contributed by atoms with Gasteiger partial charge in [-0.05, 0) is 50.3 Å². The van der Waals surface area contributed by atoms with Gasteiger partial charge in [0.05, 0.1) is 0 Å². The first kappa shape index (κ1) is 21.2. The Morgan fingerprint density at radius 3 is 0.889 bits per heavy atom. The zero-order valence-corrected chi connectivity index (χ0v) is 15.9. The summed E-state index contributed by atoms with van der Waals surface area (Å²) in [7, 11) is -0.562. The van der Waals surface area contributed by atoms with Gasteiger partial charge in [0.1, 0.15) is 0 Å². The molecule has 0 aliphatic rings. The number of hydrogen-bond acceptors (Lipinski definition) is 0. The van der Waals surface area contributed by atoms with Crippen LogP contribution in [0.4, 0.5) is 0 Å². The van der Waals surface area contributed by atoms with Crippen molar-refractivity contribution < 1.29 is 0 Å². The van der Waals surface area contributed by atoms with E-state index < -0.39 is 7.26 Å². The Labute approximate surface area is 128 Å². The molecule has 0 spiro atoms. The predicted octanol–water partition coefficient (Wildman–Crippen LogP) is 6.78.